The van der Waals surface area contributed by atoms with Gasteiger partial charge in [-0.05, 0) is 20.0 Å². The van der Waals surface area contributed by atoms with Crippen LogP contribution < -0.4 is 5.73 Å². The van der Waals surface area contributed by atoms with Gasteiger partial charge in [-0.1, -0.05) is 6.92 Å². The van der Waals surface area contributed by atoms with Crippen molar-refractivity contribution in [2.45, 2.75) is 19.0 Å². The van der Waals surface area contributed by atoms with Crippen LogP contribution in [0.4, 0.5) is 0 Å². The predicted molar refractivity (Wildman–Crippen MR) is 63.1 cm³/mol. The lowest BCUT2D eigenvalue weighted by Crippen LogP contribution is -2.46. The van der Waals surface area contributed by atoms with Gasteiger partial charge in [0.05, 0.1) is 7.11 Å². The average Bonchev–Trinajstić information content (AvgIpc) is 2.61. The summed E-state index contributed by atoms with van der Waals surface area (Å²) in [6.07, 6.45) is 0. The van der Waals surface area contributed by atoms with Gasteiger partial charge in [0.15, 0.2) is 0 Å². The Morgan fingerprint density at radius 1 is 1.56 bits per heavy atom. The van der Waals surface area contributed by atoms with Crippen LogP contribution in [-0.2, 0) is 9.53 Å². The van der Waals surface area contributed by atoms with Crippen LogP contribution in [0.3, 0.4) is 0 Å². The smallest absolute Gasteiger partial charge is 0.324 e. The molecule has 2 N–H and O–H groups in total. The van der Waals surface area contributed by atoms with Crippen LogP contribution >= 0.6 is 0 Å². The Labute approximate surface area is 97.5 Å². The van der Waals surface area contributed by atoms with E-state index in [0.717, 1.165) is 13.1 Å². The Bertz CT molecular complexity index is 245. The number of nitrogens with zero attached hydrogens (tertiary/aromatic N) is 2. The molecule has 0 saturated carbocycles. The Morgan fingerprint density at radius 2 is 2.19 bits per heavy atom. The zero-order valence-electron chi connectivity index (χ0n) is 10.6. The molecule has 0 radical (unpaired) electrons. The molecule has 1 aliphatic heterocycles. The van der Waals surface area contributed by atoms with Crippen molar-refractivity contribution in [3.8, 4) is 0 Å². The van der Waals surface area contributed by atoms with Gasteiger partial charge in [0.25, 0.3) is 0 Å². The monoisotopic (exact) mass is 229 g/mol. The largest absolute Gasteiger partial charge is 0.468 e. The lowest BCUT2D eigenvalue weighted by Gasteiger charge is -2.25. The highest BCUT2D eigenvalue weighted by Crippen LogP contribution is 2.22. The first-order chi connectivity index (χ1) is 7.51. The van der Waals surface area contributed by atoms with Crippen LogP contribution in [0.1, 0.15) is 6.92 Å². The predicted octanol–water partition coefficient (Wildman–Crippen LogP) is -0.631. The standard InChI is InChI=1S/C11H23N3O2/c1-8-6-14(7-10(8)13(2)3)9(5-12)11(15)16-4/h8-10H,5-7,12H2,1-4H3. The van der Waals surface area contributed by atoms with Gasteiger partial charge in [-0.3, -0.25) is 9.69 Å². The number of likely N-dealkylation sites (N-methyl/N-ethyl adjacent to an activating group) is 1. The Hall–Kier alpha value is -0.650. The van der Waals surface area contributed by atoms with Gasteiger partial charge >= 0.3 is 5.97 Å². The fourth-order valence-electron chi connectivity index (χ4n) is 2.44. The summed E-state index contributed by atoms with van der Waals surface area (Å²) in [5, 5.41) is 0. The second-order valence-electron chi connectivity index (χ2n) is 4.74. The molecule has 0 bridgehead atoms. The number of methoxy groups -OCH3 is 1. The maximum atomic E-state index is 11.6. The molecule has 0 amide bonds. The van der Waals surface area contributed by atoms with Crippen molar-refractivity contribution >= 4 is 5.97 Å². The minimum atomic E-state index is -0.294. The molecule has 3 unspecified atom stereocenters. The van der Waals surface area contributed by atoms with E-state index in [1.165, 1.54) is 7.11 Å². The number of likely N-dealkylation sites (tertiary alicyclic amines) is 1. The molecule has 1 fully saturated rings. The van der Waals surface area contributed by atoms with Crippen LogP contribution in [0.5, 0.6) is 0 Å². The first-order valence-corrected chi connectivity index (χ1v) is 5.69. The molecule has 1 heterocycles. The van der Waals surface area contributed by atoms with Gasteiger partial charge < -0.3 is 15.4 Å². The first-order valence-electron chi connectivity index (χ1n) is 5.69. The fraction of sp³-hybridized carbons (Fsp3) is 0.909. The van der Waals surface area contributed by atoms with E-state index in [0.29, 0.717) is 18.5 Å². The maximum Gasteiger partial charge on any atom is 0.324 e. The zero-order valence-corrected chi connectivity index (χ0v) is 10.6. The van der Waals surface area contributed by atoms with E-state index in [4.69, 9.17) is 10.5 Å². The van der Waals surface area contributed by atoms with Gasteiger partial charge in [0.1, 0.15) is 6.04 Å². The lowest BCUT2D eigenvalue weighted by atomic mass is 10.1. The molecule has 1 saturated heterocycles. The van der Waals surface area contributed by atoms with Crippen molar-refractivity contribution in [2.24, 2.45) is 11.7 Å². The van der Waals surface area contributed by atoms with Crippen LogP contribution in [0.25, 0.3) is 0 Å². The number of hydrogen-bond acceptors (Lipinski definition) is 5. The van der Waals surface area contributed by atoms with Crippen molar-refractivity contribution < 1.29 is 9.53 Å². The Balaban J connectivity index is 2.65. The molecule has 94 valence electrons. The molecule has 5 heteroatoms. The number of ether oxygens (including phenoxy) is 1. The molecule has 0 spiro atoms. The summed E-state index contributed by atoms with van der Waals surface area (Å²) in [6.45, 7) is 4.31. The van der Waals surface area contributed by atoms with Gasteiger partial charge in [-0.15, -0.1) is 0 Å². The maximum absolute atomic E-state index is 11.6. The normalized spacial score (nSPS) is 28.4. The molecule has 1 rings (SSSR count). The van der Waals surface area contributed by atoms with E-state index in [1.807, 2.05) is 0 Å². The summed E-state index contributed by atoms with van der Waals surface area (Å²) in [7, 11) is 5.55. The van der Waals surface area contributed by atoms with E-state index >= 15 is 0 Å². The van der Waals surface area contributed by atoms with Gasteiger partial charge in [-0.2, -0.15) is 0 Å². The number of hydrogen-bond donors (Lipinski definition) is 1. The summed E-state index contributed by atoms with van der Waals surface area (Å²) in [5.41, 5.74) is 5.64. The molecule has 0 aromatic rings. The zero-order chi connectivity index (χ0) is 12.3. The summed E-state index contributed by atoms with van der Waals surface area (Å²) in [5.74, 6) is 0.322. The number of rotatable bonds is 4. The SMILES string of the molecule is COC(=O)C(CN)N1CC(C)C(N(C)C)C1. The molecule has 0 aromatic carbocycles. The fourth-order valence-corrected chi connectivity index (χ4v) is 2.44. The molecule has 5 nitrogen and oxygen atoms in total. The van der Waals surface area contributed by atoms with Crippen LogP contribution in [0, 0.1) is 5.92 Å². The van der Waals surface area contributed by atoms with Gasteiger partial charge in [-0.25, -0.2) is 0 Å². The second kappa shape index (κ2) is 5.61. The minimum absolute atomic E-state index is 0.228. The van der Waals surface area contributed by atoms with E-state index in [9.17, 15) is 4.79 Å². The van der Waals surface area contributed by atoms with Crippen molar-refractivity contribution in [2.75, 3.05) is 40.8 Å². The number of carbonyl (C=O) groups excluding carboxylic acids is 1. The molecule has 16 heavy (non-hydrogen) atoms. The van der Waals surface area contributed by atoms with E-state index < -0.39 is 0 Å². The number of nitrogens with two attached hydrogens (primary N) is 1. The van der Waals surface area contributed by atoms with Gasteiger partial charge in [0.2, 0.25) is 0 Å². The minimum Gasteiger partial charge on any atom is -0.468 e. The Morgan fingerprint density at radius 3 is 2.56 bits per heavy atom. The molecular weight excluding hydrogens is 206 g/mol. The quantitative estimate of drug-likeness (QED) is 0.650. The summed E-state index contributed by atoms with van der Waals surface area (Å²) >= 11 is 0. The van der Waals surface area contributed by atoms with Crippen molar-refractivity contribution in [3.63, 3.8) is 0 Å². The lowest BCUT2D eigenvalue weighted by molar-refractivity contribution is -0.146. The molecule has 0 aliphatic carbocycles. The van der Waals surface area contributed by atoms with E-state index in [-0.39, 0.29) is 12.0 Å². The third-order valence-corrected chi connectivity index (χ3v) is 3.40. The van der Waals surface area contributed by atoms with Gasteiger partial charge in [0, 0.05) is 25.7 Å². The van der Waals surface area contributed by atoms with Crippen LogP contribution in [0.2, 0.25) is 0 Å². The number of carbonyl (C=O) groups is 1. The van der Waals surface area contributed by atoms with Crippen LogP contribution in [0.15, 0.2) is 0 Å². The van der Waals surface area contributed by atoms with Crippen molar-refractivity contribution in [1.29, 1.82) is 0 Å². The molecule has 0 aromatic heterocycles. The van der Waals surface area contributed by atoms with E-state index in [2.05, 4.69) is 30.8 Å². The highest BCUT2D eigenvalue weighted by atomic mass is 16.5. The molecular formula is C11H23N3O2. The Kier molecular flexibility index (Phi) is 4.70. The summed E-state index contributed by atoms with van der Waals surface area (Å²) in [4.78, 5) is 15.9. The summed E-state index contributed by atoms with van der Waals surface area (Å²) < 4.78 is 4.77. The van der Waals surface area contributed by atoms with E-state index in [1.54, 1.807) is 0 Å². The topological polar surface area (TPSA) is 58.8 Å². The molecule has 3 atom stereocenters. The number of esters is 1. The van der Waals surface area contributed by atoms with Crippen molar-refractivity contribution in [3.05, 3.63) is 0 Å². The highest BCUT2D eigenvalue weighted by molar-refractivity contribution is 5.76. The van der Waals surface area contributed by atoms with Crippen molar-refractivity contribution in [1.82, 2.24) is 9.80 Å². The third kappa shape index (κ3) is 2.72. The van der Waals surface area contributed by atoms with Crippen LogP contribution in [-0.4, -0.2) is 68.7 Å². The second-order valence-corrected chi connectivity index (χ2v) is 4.74. The average molecular weight is 229 g/mol. The molecule has 1 aliphatic rings. The first kappa shape index (κ1) is 13.4. The summed E-state index contributed by atoms with van der Waals surface area (Å²) in [6, 6.07) is 0.191. The third-order valence-electron chi connectivity index (χ3n) is 3.40. The highest BCUT2D eigenvalue weighted by Gasteiger charge is 2.37.